The zero-order chi connectivity index (χ0) is 24.0. The van der Waals surface area contributed by atoms with Gasteiger partial charge in [-0.3, -0.25) is 4.79 Å². The normalized spacial score (nSPS) is 15.4. The number of carbonyl (C=O) groups is 1. The monoisotopic (exact) mass is 457 g/mol. The van der Waals surface area contributed by atoms with Crippen molar-refractivity contribution in [1.29, 1.82) is 0 Å². The van der Waals surface area contributed by atoms with Crippen molar-refractivity contribution in [2.24, 2.45) is 11.7 Å². The van der Waals surface area contributed by atoms with Crippen LogP contribution in [0.1, 0.15) is 142 Å². The average molecular weight is 458 g/mol. The Morgan fingerprint density at radius 3 is 1.31 bits per heavy atom. The SMILES string of the molecule is CCCCCCCCCCCCCCCC(O)C(C(=O)C(O)CCCCCCC)C(N)O. The summed E-state index contributed by atoms with van der Waals surface area (Å²) in [7, 11) is 0. The number of nitrogens with two attached hydrogens (primary N) is 1. The van der Waals surface area contributed by atoms with Crippen molar-refractivity contribution in [3.05, 3.63) is 0 Å². The molecule has 0 aromatic carbocycles. The van der Waals surface area contributed by atoms with Gasteiger partial charge in [0.25, 0.3) is 0 Å². The highest BCUT2D eigenvalue weighted by Gasteiger charge is 2.34. The standard InChI is InChI=1S/C27H55NO4/c1-3-5-7-9-10-11-12-13-14-15-16-18-19-21-23(29)25(27(28)32)26(31)24(30)22-20-17-8-6-4-2/h23-25,27,29-30,32H,3-22,28H2,1-2H3. The molecule has 0 radical (unpaired) electrons. The van der Waals surface area contributed by atoms with E-state index in [4.69, 9.17) is 5.73 Å². The first kappa shape index (κ1) is 31.5. The average Bonchev–Trinajstić information content (AvgIpc) is 2.76. The Bertz CT molecular complexity index is 416. The van der Waals surface area contributed by atoms with Gasteiger partial charge in [0.15, 0.2) is 5.78 Å². The number of hydrogen-bond acceptors (Lipinski definition) is 5. The summed E-state index contributed by atoms with van der Waals surface area (Å²) in [6.45, 7) is 4.39. The van der Waals surface area contributed by atoms with E-state index in [1.807, 2.05) is 0 Å². The lowest BCUT2D eigenvalue weighted by atomic mass is 9.87. The predicted octanol–water partition coefficient (Wildman–Crippen LogP) is 6.01. The Labute approximate surface area is 198 Å². The molecule has 0 bridgehead atoms. The minimum absolute atomic E-state index is 0.372. The van der Waals surface area contributed by atoms with Crippen molar-refractivity contribution >= 4 is 5.78 Å². The third kappa shape index (κ3) is 17.0. The molecule has 0 fully saturated rings. The van der Waals surface area contributed by atoms with E-state index in [-0.39, 0.29) is 0 Å². The van der Waals surface area contributed by atoms with E-state index in [1.165, 1.54) is 64.2 Å². The first-order valence-corrected chi connectivity index (χ1v) is 13.8. The first-order valence-electron chi connectivity index (χ1n) is 13.8. The van der Waals surface area contributed by atoms with Crippen LogP contribution in [0.5, 0.6) is 0 Å². The van der Waals surface area contributed by atoms with E-state index < -0.39 is 30.1 Å². The van der Waals surface area contributed by atoms with Crippen molar-refractivity contribution in [3.63, 3.8) is 0 Å². The molecule has 0 saturated carbocycles. The summed E-state index contributed by atoms with van der Waals surface area (Å²) in [5, 5.41) is 30.5. The minimum Gasteiger partial charge on any atom is -0.392 e. The predicted molar refractivity (Wildman–Crippen MR) is 134 cm³/mol. The Morgan fingerprint density at radius 1 is 0.594 bits per heavy atom. The van der Waals surface area contributed by atoms with Crippen LogP contribution in [0.25, 0.3) is 0 Å². The van der Waals surface area contributed by atoms with Gasteiger partial charge in [-0.1, -0.05) is 129 Å². The Hall–Kier alpha value is -0.490. The lowest BCUT2D eigenvalue weighted by Gasteiger charge is -2.26. The lowest BCUT2D eigenvalue weighted by molar-refractivity contribution is -0.140. The van der Waals surface area contributed by atoms with Crippen LogP contribution >= 0.6 is 0 Å². The molecular weight excluding hydrogens is 402 g/mol. The number of hydrogen-bond donors (Lipinski definition) is 4. The van der Waals surface area contributed by atoms with Crippen LogP contribution in [0, 0.1) is 5.92 Å². The summed E-state index contributed by atoms with van der Waals surface area (Å²) in [5.41, 5.74) is 5.58. The van der Waals surface area contributed by atoms with Crippen molar-refractivity contribution in [2.45, 2.75) is 161 Å². The van der Waals surface area contributed by atoms with Gasteiger partial charge in [0.05, 0.1) is 12.0 Å². The van der Waals surface area contributed by atoms with Gasteiger partial charge in [0, 0.05) is 0 Å². The van der Waals surface area contributed by atoms with Gasteiger partial charge in [0.2, 0.25) is 0 Å². The zero-order valence-corrected chi connectivity index (χ0v) is 21.3. The molecule has 192 valence electrons. The van der Waals surface area contributed by atoms with Crippen LogP contribution < -0.4 is 5.73 Å². The molecule has 0 heterocycles. The molecule has 5 nitrogen and oxygen atoms in total. The molecule has 0 aromatic rings. The molecule has 0 aliphatic rings. The van der Waals surface area contributed by atoms with Gasteiger partial charge in [-0.25, -0.2) is 0 Å². The summed E-state index contributed by atoms with van der Waals surface area (Å²) in [4.78, 5) is 12.5. The molecule has 0 saturated heterocycles. The molecule has 4 atom stereocenters. The van der Waals surface area contributed by atoms with E-state index >= 15 is 0 Å². The zero-order valence-electron chi connectivity index (χ0n) is 21.3. The smallest absolute Gasteiger partial charge is 0.170 e. The number of Topliss-reactive ketones (excluding diaryl/α,β-unsaturated/α-hetero) is 1. The van der Waals surface area contributed by atoms with Gasteiger partial charge in [-0.2, -0.15) is 0 Å². The Kier molecular flexibility index (Phi) is 22.0. The molecule has 0 aliphatic heterocycles. The molecule has 0 spiro atoms. The third-order valence-electron chi connectivity index (χ3n) is 6.62. The van der Waals surface area contributed by atoms with E-state index in [0.717, 1.165) is 51.4 Å². The topological polar surface area (TPSA) is 104 Å². The molecule has 0 rings (SSSR count). The highest BCUT2D eigenvalue weighted by molar-refractivity contribution is 5.86. The van der Waals surface area contributed by atoms with Gasteiger partial charge in [-0.15, -0.1) is 0 Å². The van der Waals surface area contributed by atoms with Crippen LogP contribution in [0.3, 0.4) is 0 Å². The fourth-order valence-corrected chi connectivity index (χ4v) is 4.44. The van der Waals surface area contributed by atoms with Crippen molar-refractivity contribution in [3.8, 4) is 0 Å². The van der Waals surface area contributed by atoms with Crippen LogP contribution in [-0.2, 0) is 4.79 Å². The van der Waals surface area contributed by atoms with Gasteiger partial charge in [-0.05, 0) is 12.8 Å². The van der Waals surface area contributed by atoms with E-state index in [0.29, 0.717) is 12.8 Å². The second kappa shape index (κ2) is 22.3. The number of rotatable bonds is 24. The molecule has 4 unspecified atom stereocenters. The largest absolute Gasteiger partial charge is 0.392 e. The lowest BCUT2D eigenvalue weighted by Crippen LogP contribution is -2.47. The van der Waals surface area contributed by atoms with Crippen LogP contribution in [0.15, 0.2) is 0 Å². The number of aliphatic hydroxyl groups is 3. The minimum atomic E-state index is -1.44. The van der Waals surface area contributed by atoms with E-state index in [9.17, 15) is 20.1 Å². The van der Waals surface area contributed by atoms with Gasteiger partial charge < -0.3 is 21.1 Å². The summed E-state index contributed by atoms with van der Waals surface area (Å²) in [6.07, 6.45) is 18.6. The maximum atomic E-state index is 12.5. The maximum absolute atomic E-state index is 12.5. The van der Waals surface area contributed by atoms with Crippen molar-refractivity contribution < 1.29 is 20.1 Å². The third-order valence-corrected chi connectivity index (χ3v) is 6.62. The summed E-state index contributed by atoms with van der Waals surface area (Å²) < 4.78 is 0. The van der Waals surface area contributed by atoms with E-state index in [2.05, 4.69) is 13.8 Å². The second-order valence-electron chi connectivity index (χ2n) is 9.74. The molecule has 5 heteroatoms. The molecule has 5 N–H and O–H groups in total. The molecule has 0 aromatic heterocycles. The van der Waals surface area contributed by atoms with Crippen LogP contribution in [0.2, 0.25) is 0 Å². The van der Waals surface area contributed by atoms with Crippen molar-refractivity contribution in [1.82, 2.24) is 0 Å². The summed E-state index contributed by atoms with van der Waals surface area (Å²) in [6, 6.07) is 0. The second-order valence-corrected chi connectivity index (χ2v) is 9.74. The molecule has 0 amide bonds. The summed E-state index contributed by atoms with van der Waals surface area (Å²) in [5.74, 6) is -1.62. The number of unbranched alkanes of at least 4 members (excludes halogenated alkanes) is 16. The van der Waals surface area contributed by atoms with Crippen LogP contribution in [-0.4, -0.2) is 39.5 Å². The summed E-state index contributed by atoms with van der Waals surface area (Å²) >= 11 is 0. The van der Waals surface area contributed by atoms with Gasteiger partial charge >= 0.3 is 0 Å². The Morgan fingerprint density at radius 2 is 0.938 bits per heavy atom. The highest BCUT2D eigenvalue weighted by atomic mass is 16.3. The number of carbonyl (C=O) groups excluding carboxylic acids is 1. The first-order chi connectivity index (χ1) is 15.5. The highest BCUT2D eigenvalue weighted by Crippen LogP contribution is 2.20. The van der Waals surface area contributed by atoms with E-state index in [1.54, 1.807) is 0 Å². The number of ketones is 1. The van der Waals surface area contributed by atoms with Gasteiger partial charge in [0.1, 0.15) is 12.3 Å². The maximum Gasteiger partial charge on any atom is 0.170 e. The molecule has 0 aliphatic carbocycles. The van der Waals surface area contributed by atoms with Crippen molar-refractivity contribution in [2.75, 3.05) is 0 Å². The fourth-order valence-electron chi connectivity index (χ4n) is 4.44. The fraction of sp³-hybridized carbons (Fsp3) is 0.963. The molecule has 32 heavy (non-hydrogen) atoms. The molecular formula is C27H55NO4. The quantitative estimate of drug-likeness (QED) is 0.105. The number of aliphatic hydroxyl groups excluding tert-OH is 3. The van der Waals surface area contributed by atoms with Crippen LogP contribution in [0.4, 0.5) is 0 Å². The Balaban J connectivity index is 3.89.